The molecule has 0 fully saturated rings. The molecular weight excluding hydrogens is 615 g/mol. The van der Waals surface area contributed by atoms with Crippen LogP contribution in [-0.2, 0) is 16.5 Å². The van der Waals surface area contributed by atoms with Gasteiger partial charge in [-0.05, 0) is 79.3 Å². The minimum Gasteiger partial charge on any atom is -0.108 e. The number of hydrogen-bond donors (Lipinski definition) is 0. The molecule has 41 heavy (non-hydrogen) atoms. The van der Waals surface area contributed by atoms with E-state index >= 15 is 0 Å². The van der Waals surface area contributed by atoms with E-state index in [4.69, 9.17) is 0 Å². The van der Waals surface area contributed by atoms with E-state index in [0.717, 1.165) is 0 Å². The third-order valence-electron chi connectivity index (χ3n) is 7.07. The van der Waals surface area contributed by atoms with E-state index < -0.39 is 7.92 Å². The second-order valence-electron chi connectivity index (χ2n) is 9.20. The van der Waals surface area contributed by atoms with Gasteiger partial charge in [0.15, 0.2) is 0 Å². The van der Waals surface area contributed by atoms with E-state index in [2.05, 4.69) is 153 Å². The van der Waals surface area contributed by atoms with Crippen LogP contribution in [0.25, 0.3) is 0 Å². The van der Waals surface area contributed by atoms with Crippen LogP contribution in [0.15, 0.2) is 91.0 Å². The van der Waals surface area contributed by atoms with Gasteiger partial charge in [0, 0.05) is 16.5 Å². The molecule has 0 amide bonds. The molecule has 0 saturated carbocycles. The van der Waals surface area contributed by atoms with Crippen LogP contribution in [-0.4, -0.2) is 55.5 Å². The fraction of sp³-hybridized carbons (Fsp3) is 0.500. The molecule has 0 nitrogen and oxygen atoms in total. The molecule has 0 unspecified atom stereocenters. The second kappa shape index (κ2) is 29.9. The van der Waals surface area contributed by atoms with Gasteiger partial charge in [-0.2, -0.15) is 0 Å². The van der Waals surface area contributed by atoms with Crippen molar-refractivity contribution in [1.82, 2.24) is 0 Å². The number of hydrogen-bond acceptors (Lipinski definition) is 0. The first-order chi connectivity index (χ1) is 19.5. The zero-order chi connectivity index (χ0) is 30.0. The van der Waals surface area contributed by atoms with E-state index in [-0.39, 0.29) is 16.5 Å². The number of rotatable bonds is 12. The van der Waals surface area contributed by atoms with Crippen molar-refractivity contribution in [3.63, 3.8) is 0 Å². The molecule has 0 aliphatic rings. The monoisotopic (exact) mass is 674 g/mol. The molecule has 5 heteroatoms. The SMILES string of the molecule is CCP(CC)CC.CCP(CC)CC.CCP(CC)CC.[Ni].c1ccc(P(c2ccccc2)c2ccccc2)cc1. The minimum absolute atomic E-state index is 0. The van der Waals surface area contributed by atoms with Gasteiger partial charge in [-0.25, -0.2) is 0 Å². The van der Waals surface area contributed by atoms with Gasteiger partial charge in [0.1, 0.15) is 0 Å². The molecule has 234 valence electrons. The quantitative estimate of drug-likeness (QED) is 0.132. The molecule has 3 aromatic carbocycles. The molecule has 0 atom stereocenters. The van der Waals surface area contributed by atoms with Crippen LogP contribution in [0.3, 0.4) is 0 Å². The van der Waals surface area contributed by atoms with Gasteiger partial charge in [0.05, 0.1) is 0 Å². The first kappa shape index (κ1) is 43.0. The van der Waals surface area contributed by atoms with Crippen molar-refractivity contribution in [1.29, 1.82) is 0 Å². The number of benzene rings is 3. The zero-order valence-electron chi connectivity index (χ0n) is 27.6. The van der Waals surface area contributed by atoms with Crippen LogP contribution in [0.5, 0.6) is 0 Å². The molecule has 0 aliphatic heterocycles. The molecule has 0 bridgehead atoms. The summed E-state index contributed by atoms with van der Waals surface area (Å²) in [6.07, 6.45) is 12.8. The summed E-state index contributed by atoms with van der Waals surface area (Å²) in [5, 5.41) is 4.19. The van der Waals surface area contributed by atoms with E-state index in [0.29, 0.717) is 23.8 Å². The summed E-state index contributed by atoms with van der Waals surface area (Å²) >= 11 is 0. The van der Waals surface area contributed by atoms with Crippen LogP contribution < -0.4 is 15.9 Å². The van der Waals surface area contributed by atoms with Gasteiger partial charge in [-0.3, -0.25) is 0 Å². The predicted molar refractivity (Wildman–Crippen MR) is 201 cm³/mol. The van der Waals surface area contributed by atoms with E-state index in [1.807, 2.05) is 0 Å². The Kier molecular flexibility index (Phi) is 31.4. The van der Waals surface area contributed by atoms with Crippen LogP contribution in [0.1, 0.15) is 62.3 Å². The fourth-order valence-electron chi connectivity index (χ4n) is 4.19. The van der Waals surface area contributed by atoms with Gasteiger partial charge in [-0.15, -0.1) is 23.8 Å². The third-order valence-corrected chi connectivity index (χ3v) is 17.6. The summed E-state index contributed by atoms with van der Waals surface area (Å²) in [5.41, 5.74) is 0. The molecule has 0 aromatic heterocycles. The van der Waals surface area contributed by atoms with Crippen molar-refractivity contribution >= 4 is 47.6 Å². The maximum Gasteiger partial charge on any atom is 0 e. The molecular formula is C36H60NiP4. The summed E-state index contributed by atoms with van der Waals surface area (Å²) < 4.78 is 0. The van der Waals surface area contributed by atoms with Crippen LogP contribution >= 0.6 is 31.7 Å². The summed E-state index contributed by atoms with van der Waals surface area (Å²) in [6, 6.07) is 32.3. The second-order valence-corrected chi connectivity index (χ2v) is 21.1. The Morgan fingerprint density at radius 1 is 0.317 bits per heavy atom. The van der Waals surface area contributed by atoms with Gasteiger partial charge in [0.2, 0.25) is 0 Å². The van der Waals surface area contributed by atoms with Gasteiger partial charge in [-0.1, -0.05) is 153 Å². The molecule has 0 saturated heterocycles. The summed E-state index contributed by atoms with van der Waals surface area (Å²) in [5.74, 6) is 0. The standard InChI is InChI=1S/C18H15P.3C6H15P.Ni/c1-4-10-16(11-5-1)19(17-12-6-2-7-13-17)18-14-8-3-9-15-18;3*1-4-7(5-2)6-3;/h1-15H;3*4-6H2,1-3H3;. The predicted octanol–water partition coefficient (Wildman–Crippen LogP) is 11.0. The van der Waals surface area contributed by atoms with Crippen LogP contribution in [0.2, 0.25) is 0 Å². The van der Waals surface area contributed by atoms with E-state index in [1.165, 1.54) is 71.4 Å². The van der Waals surface area contributed by atoms with Crippen molar-refractivity contribution < 1.29 is 16.5 Å². The van der Waals surface area contributed by atoms with Crippen molar-refractivity contribution in [3.8, 4) is 0 Å². The first-order valence-corrected chi connectivity index (χ1v) is 22.6. The Morgan fingerprint density at radius 2 is 0.488 bits per heavy atom. The Balaban J connectivity index is 0. The zero-order valence-corrected chi connectivity index (χ0v) is 32.2. The Bertz CT molecular complexity index is 758. The summed E-state index contributed by atoms with van der Waals surface area (Å²) in [6.45, 7) is 20.6. The van der Waals surface area contributed by atoms with E-state index in [1.54, 1.807) is 0 Å². The topological polar surface area (TPSA) is 0 Å². The molecule has 3 aromatic rings. The van der Waals surface area contributed by atoms with Gasteiger partial charge in [0.25, 0.3) is 0 Å². The Hall–Kier alpha value is -0.126. The first-order valence-electron chi connectivity index (χ1n) is 15.6. The normalized spacial score (nSPS) is 10.2. The Labute approximate surface area is 271 Å². The molecule has 0 N–H and O–H groups in total. The van der Waals surface area contributed by atoms with Gasteiger partial charge < -0.3 is 0 Å². The fourth-order valence-corrected chi connectivity index (χ4v) is 10.5. The van der Waals surface area contributed by atoms with Crippen LogP contribution in [0, 0.1) is 0 Å². The molecule has 0 aliphatic carbocycles. The van der Waals surface area contributed by atoms with E-state index in [9.17, 15) is 0 Å². The van der Waals surface area contributed by atoms with Crippen LogP contribution in [0.4, 0.5) is 0 Å². The molecule has 0 radical (unpaired) electrons. The average Bonchev–Trinajstić information content (AvgIpc) is 3.03. The van der Waals surface area contributed by atoms with Crippen molar-refractivity contribution in [2.75, 3.05) is 55.5 Å². The maximum atomic E-state index is 2.29. The van der Waals surface area contributed by atoms with Crippen molar-refractivity contribution in [2.45, 2.75) is 62.3 Å². The van der Waals surface area contributed by atoms with Crippen molar-refractivity contribution in [2.24, 2.45) is 0 Å². The minimum atomic E-state index is -0.446. The smallest absolute Gasteiger partial charge is 0 e. The van der Waals surface area contributed by atoms with Gasteiger partial charge >= 0.3 is 0 Å². The Morgan fingerprint density at radius 3 is 0.610 bits per heavy atom. The maximum absolute atomic E-state index is 2.29. The summed E-state index contributed by atoms with van der Waals surface area (Å²) in [4.78, 5) is 0. The molecule has 0 spiro atoms. The summed E-state index contributed by atoms with van der Waals surface area (Å²) in [7, 11) is 0.892. The third kappa shape index (κ3) is 19.7. The largest absolute Gasteiger partial charge is 0.108 e. The molecule has 3 rings (SSSR count). The average molecular weight is 675 g/mol. The molecule has 0 heterocycles. The van der Waals surface area contributed by atoms with Crippen molar-refractivity contribution in [3.05, 3.63) is 91.0 Å².